The summed E-state index contributed by atoms with van der Waals surface area (Å²) < 4.78 is 10.8. The van der Waals surface area contributed by atoms with Gasteiger partial charge in [0.15, 0.2) is 5.58 Å². The average Bonchev–Trinajstić information content (AvgIpc) is 2.65. The van der Waals surface area contributed by atoms with Crippen molar-refractivity contribution in [1.82, 2.24) is 4.98 Å². The minimum atomic E-state index is -1.19. The Bertz CT molecular complexity index is 618. The summed E-state index contributed by atoms with van der Waals surface area (Å²) in [5.41, 5.74) is 5.03. The Morgan fingerprint density at radius 3 is 2.55 bits per heavy atom. The summed E-state index contributed by atoms with van der Waals surface area (Å²) in [6, 6.07) is 5.05. The molecule has 4 N–H and O–H groups in total. The highest BCUT2D eigenvalue weighted by Crippen LogP contribution is 2.25. The van der Waals surface area contributed by atoms with E-state index in [1.165, 1.54) is 0 Å². The minimum Gasteiger partial charge on any atom is -0.424 e. The number of hydrogen-bond acceptors (Lipinski definition) is 6. The number of nitrogens with zero attached hydrogens (tertiary/aromatic N) is 1. The van der Waals surface area contributed by atoms with E-state index in [9.17, 15) is 10.1 Å². The highest BCUT2D eigenvalue weighted by atomic mass is 16.5. The van der Waals surface area contributed by atoms with Gasteiger partial charge in [0, 0.05) is 0 Å². The fourth-order valence-corrected chi connectivity index (χ4v) is 1.60. The number of rotatable bonds is 4. The molecule has 0 fully saturated rings. The molecule has 20 heavy (non-hydrogen) atoms. The van der Waals surface area contributed by atoms with Gasteiger partial charge in [-0.2, -0.15) is 4.98 Å². The average molecular weight is 278 g/mol. The highest BCUT2D eigenvalue weighted by Gasteiger charge is 2.39. The van der Waals surface area contributed by atoms with Gasteiger partial charge in [-0.25, -0.2) is 0 Å². The second kappa shape index (κ2) is 4.77. The second-order valence-corrected chi connectivity index (χ2v) is 5.82. The summed E-state index contributed by atoms with van der Waals surface area (Å²) in [6.45, 7) is 6.67. The lowest BCUT2D eigenvalue weighted by Crippen LogP contribution is -2.53. The highest BCUT2D eigenvalue weighted by molar-refractivity contribution is 6.60. The largest absolute Gasteiger partial charge is 0.491 e. The van der Waals surface area contributed by atoms with E-state index >= 15 is 0 Å². The summed E-state index contributed by atoms with van der Waals surface area (Å²) in [4.78, 5) is 3.98. The van der Waals surface area contributed by atoms with Crippen LogP contribution in [0.3, 0.4) is 0 Å². The fourth-order valence-electron chi connectivity index (χ4n) is 1.60. The second-order valence-electron chi connectivity index (χ2n) is 5.82. The Labute approximate surface area is 117 Å². The van der Waals surface area contributed by atoms with Crippen molar-refractivity contribution in [3.8, 4) is 0 Å². The number of nitrogens with two attached hydrogens (primary N) is 1. The van der Waals surface area contributed by atoms with Crippen molar-refractivity contribution in [3.05, 3.63) is 18.2 Å². The summed E-state index contributed by atoms with van der Waals surface area (Å²) in [7, 11) is -1.19. The summed E-state index contributed by atoms with van der Waals surface area (Å²) in [6.07, 6.45) is 0. The van der Waals surface area contributed by atoms with E-state index in [1.807, 2.05) is 0 Å². The maximum atomic E-state index is 10.2. The SMILES string of the molecule is CC(C)(O)C(C)(C)OB(O)c1ccc2nc(N)oc2c1. The first kappa shape index (κ1) is 14.8. The molecule has 0 spiro atoms. The van der Waals surface area contributed by atoms with E-state index in [1.54, 1.807) is 45.9 Å². The molecule has 1 aromatic carbocycles. The van der Waals surface area contributed by atoms with Crippen molar-refractivity contribution in [2.24, 2.45) is 0 Å². The van der Waals surface area contributed by atoms with Crippen molar-refractivity contribution in [2.45, 2.75) is 38.9 Å². The first-order valence-electron chi connectivity index (χ1n) is 6.34. The van der Waals surface area contributed by atoms with Gasteiger partial charge in [0.25, 0.3) is 6.01 Å². The van der Waals surface area contributed by atoms with Crippen molar-refractivity contribution >= 4 is 29.7 Å². The normalized spacial score (nSPS) is 12.9. The zero-order chi connectivity index (χ0) is 15.1. The summed E-state index contributed by atoms with van der Waals surface area (Å²) in [5.74, 6) is 0. The standard InChI is InChI=1S/C13H19BN2O4/c1-12(2,17)13(3,4)20-14(18)8-5-6-9-10(7-8)19-11(15)16-9/h5-7,17-18H,1-4H3,(H2,15,16). The number of nitrogen functional groups attached to an aromatic ring is 1. The van der Waals surface area contributed by atoms with Crippen LogP contribution in [-0.4, -0.2) is 33.4 Å². The Hall–Kier alpha value is -1.57. The molecule has 2 aromatic rings. The Morgan fingerprint density at radius 2 is 1.95 bits per heavy atom. The van der Waals surface area contributed by atoms with Crippen LogP contribution in [0.5, 0.6) is 0 Å². The van der Waals surface area contributed by atoms with E-state index in [2.05, 4.69) is 4.98 Å². The topological polar surface area (TPSA) is 102 Å². The van der Waals surface area contributed by atoms with Crippen LogP contribution in [0.2, 0.25) is 0 Å². The fraction of sp³-hybridized carbons (Fsp3) is 0.462. The van der Waals surface area contributed by atoms with Gasteiger partial charge in [-0.1, -0.05) is 6.07 Å². The molecular formula is C13H19BN2O4. The molecule has 0 aliphatic heterocycles. The molecule has 108 valence electrons. The molecule has 7 heteroatoms. The molecule has 0 aliphatic rings. The van der Waals surface area contributed by atoms with Gasteiger partial charge in [0.2, 0.25) is 0 Å². The molecule has 0 atom stereocenters. The van der Waals surface area contributed by atoms with Crippen LogP contribution in [0.15, 0.2) is 22.6 Å². The van der Waals surface area contributed by atoms with Gasteiger partial charge in [-0.15, -0.1) is 0 Å². The van der Waals surface area contributed by atoms with Gasteiger partial charge in [0.05, 0.1) is 11.2 Å². The predicted octanol–water partition coefficient (Wildman–Crippen LogP) is 0.664. The monoisotopic (exact) mass is 278 g/mol. The molecular weight excluding hydrogens is 259 g/mol. The first-order chi connectivity index (χ1) is 9.10. The third-order valence-electron chi connectivity index (χ3n) is 3.59. The molecule has 0 saturated carbocycles. The molecule has 0 aliphatic carbocycles. The quantitative estimate of drug-likeness (QED) is 0.710. The van der Waals surface area contributed by atoms with Gasteiger partial charge in [-0.05, 0) is 45.3 Å². The van der Waals surface area contributed by atoms with Crippen LogP contribution >= 0.6 is 0 Å². The smallest absolute Gasteiger partial charge is 0.424 e. The predicted molar refractivity (Wildman–Crippen MR) is 77.5 cm³/mol. The first-order valence-corrected chi connectivity index (χ1v) is 6.34. The molecule has 1 aromatic heterocycles. The lowest BCUT2D eigenvalue weighted by atomic mass is 9.76. The lowest BCUT2D eigenvalue weighted by Gasteiger charge is -2.38. The molecule has 0 unspecified atom stereocenters. The van der Waals surface area contributed by atoms with Crippen molar-refractivity contribution < 1.29 is 19.2 Å². The third-order valence-corrected chi connectivity index (χ3v) is 3.59. The third kappa shape index (κ3) is 2.79. The number of fused-ring (bicyclic) bond motifs is 1. The van der Waals surface area contributed by atoms with Gasteiger partial charge in [-0.3, -0.25) is 0 Å². The molecule has 0 amide bonds. The van der Waals surface area contributed by atoms with Crippen LogP contribution in [0.1, 0.15) is 27.7 Å². The minimum absolute atomic E-state index is 0.0735. The maximum Gasteiger partial charge on any atom is 0.491 e. The number of aliphatic hydroxyl groups is 1. The van der Waals surface area contributed by atoms with E-state index in [4.69, 9.17) is 14.8 Å². The Balaban J connectivity index is 2.25. The number of aromatic nitrogens is 1. The Morgan fingerprint density at radius 1 is 1.30 bits per heavy atom. The zero-order valence-electron chi connectivity index (χ0n) is 12.0. The van der Waals surface area contributed by atoms with E-state index in [0.29, 0.717) is 16.6 Å². The van der Waals surface area contributed by atoms with Crippen LogP contribution in [0.25, 0.3) is 11.1 Å². The summed E-state index contributed by atoms with van der Waals surface area (Å²) in [5, 5.41) is 20.2. The van der Waals surface area contributed by atoms with E-state index in [0.717, 1.165) is 0 Å². The molecule has 0 bridgehead atoms. The van der Waals surface area contributed by atoms with Crippen LogP contribution < -0.4 is 11.2 Å². The number of oxazole rings is 1. The van der Waals surface area contributed by atoms with Gasteiger partial charge < -0.3 is 24.9 Å². The maximum absolute atomic E-state index is 10.2. The van der Waals surface area contributed by atoms with Crippen LogP contribution in [0, 0.1) is 0 Å². The van der Waals surface area contributed by atoms with Crippen molar-refractivity contribution in [1.29, 1.82) is 0 Å². The van der Waals surface area contributed by atoms with E-state index in [-0.39, 0.29) is 6.01 Å². The lowest BCUT2D eigenvalue weighted by molar-refractivity contribution is -0.0982. The van der Waals surface area contributed by atoms with E-state index < -0.39 is 18.3 Å². The van der Waals surface area contributed by atoms with Crippen molar-refractivity contribution in [2.75, 3.05) is 5.73 Å². The van der Waals surface area contributed by atoms with Gasteiger partial charge in [0.1, 0.15) is 5.52 Å². The molecule has 0 radical (unpaired) electrons. The molecule has 2 rings (SSSR count). The number of hydrogen-bond donors (Lipinski definition) is 3. The number of benzene rings is 1. The zero-order valence-corrected chi connectivity index (χ0v) is 12.0. The van der Waals surface area contributed by atoms with Crippen LogP contribution in [0.4, 0.5) is 6.01 Å². The van der Waals surface area contributed by atoms with Crippen molar-refractivity contribution in [3.63, 3.8) is 0 Å². The Kier molecular flexibility index (Phi) is 3.54. The molecule has 1 heterocycles. The number of anilines is 1. The van der Waals surface area contributed by atoms with Gasteiger partial charge >= 0.3 is 7.12 Å². The summed E-state index contributed by atoms with van der Waals surface area (Å²) >= 11 is 0. The molecule has 0 saturated heterocycles. The van der Waals surface area contributed by atoms with Crippen LogP contribution in [-0.2, 0) is 4.65 Å². The molecule has 6 nitrogen and oxygen atoms in total.